The molecule has 1 aromatic heterocycles. The van der Waals surface area contributed by atoms with Gasteiger partial charge in [-0.05, 0) is 18.8 Å². The van der Waals surface area contributed by atoms with Gasteiger partial charge in [-0.2, -0.15) is 0 Å². The molecule has 7 heteroatoms. The average Bonchev–Trinajstić information content (AvgIpc) is 2.93. The van der Waals surface area contributed by atoms with Crippen LogP contribution in [0.15, 0.2) is 10.7 Å². The third-order valence-electron chi connectivity index (χ3n) is 2.48. The van der Waals surface area contributed by atoms with Crippen molar-refractivity contribution in [1.82, 2.24) is 9.71 Å². The Morgan fingerprint density at radius 1 is 1.56 bits per heavy atom. The van der Waals surface area contributed by atoms with Crippen LogP contribution in [0.4, 0.5) is 0 Å². The molecular formula is C11H16N2O4S. The van der Waals surface area contributed by atoms with E-state index in [1.807, 2.05) is 4.72 Å². The normalized spacial score (nSPS) is 15.9. The van der Waals surface area contributed by atoms with Crippen LogP contribution in [-0.2, 0) is 10.0 Å². The van der Waals surface area contributed by atoms with E-state index in [-0.39, 0.29) is 17.4 Å². The number of carbonyl (C=O) groups excluding carboxylic acids is 1. The van der Waals surface area contributed by atoms with E-state index in [0.29, 0.717) is 11.8 Å². The summed E-state index contributed by atoms with van der Waals surface area (Å²) < 4.78 is 30.3. The number of nitrogens with zero attached hydrogens (tertiary/aromatic N) is 1. The quantitative estimate of drug-likeness (QED) is 0.871. The number of sulfonamides is 1. The number of aromatic nitrogens is 1. The SMILES string of the molecule is CC(C)CS(=O)(=O)NC(=O)c1coc(C2CC2)n1. The topological polar surface area (TPSA) is 89.3 Å². The molecule has 0 aliphatic heterocycles. The van der Waals surface area contributed by atoms with Crippen molar-refractivity contribution in [1.29, 1.82) is 0 Å². The highest BCUT2D eigenvalue weighted by molar-refractivity contribution is 7.90. The van der Waals surface area contributed by atoms with Crippen LogP contribution < -0.4 is 4.72 Å². The van der Waals surface area contributed by atoms with Gasteiger partial charge in [0.2, 0.25) is 10.0 Å². The Labute approximate surface area is 106 Å². The van der Waals surface area contributed by atoms with Gasteiger partial charge in [0.15, 0.2) is 11.6 Å². The fourth-order valence-corrected chi connectivity index (χ4v) is 2.93. The lowest BCUT2D eigenvalue weighted by Crippen LogP contribution is -2.34. The van der Waals surface area contributed by atoms with Crippen molar-refractivity contribution in [3.63, 3.8) is 0 Å². The maximum absolute atomic E-state index is 11.7. The number of amides is 1. The summed E-state index contributed by atoms with van der Waals surface area (Å²) in [6, 6.07) is 0. The Balaban J connectivity index is 2.02. The molecule has 100 valence electrons. The van der Waals surface area contributed by atoms with Crippen LogP contribution in [0, 0.1) is 5.92 Å². The molecule has 0 spiro atoms. The highest BCUT2D eigenvalue weighted by atomic mass is 32.2. The maximum Gasteiger partial charge on any atom is 0.286 e. The molecule has 1 aliphatic rings. The molecule has 1 heterocycles. The number of rotatable bonds is 5. The molecule has 0 aromatic carbocycles. The monoisotopic (exact) mass is 272 g/mol. The molecule has 0 radical (unpaired) electrons. The van der Waals surface area contributed by atoms with Crippen LogP contribution in [0.5, 0.6) is 0 Å². The molecule has 1 aromatic rings. The molecule has 0 unspecified atom stereocenters. The van der Waals surface area contributed by atoms with Gasteiger partial charge in [-0.3, -0.25) is 4.79 Å². The van der Waals surface area contributed by atoms with Gasteiger partial charge < -0.3 is 4.42 Å². The molecule has 6 nitrogen and oxygen atoms in total. The van der Waals surface area contributed by atoms with Gasteiger partial charge in [-0.25, -0.2) is 18.1 Å². The summed E-state index contributed by atoms with van der Waals surface area (Å²) in [5.74, 6) is -0.0623. The van der Waals surface area contributed by atoms with Gasteiger partial charge in [0.05, 0.1) is 5.75 Å². The maximum atomic E-state index is 11.7. The number of hydrogen-bond acceptors (Lipinski definition) is 5. The molecule has 1 saturated carbocycles. The molecule has 1 fully saturated rings. The zero-order valence-electron chi connectivity index (χ0n) is 10.3. The molecule has 0 atom stereocenters. The highest BCUT2D eigenvalue weighted by Crippen LogP contribution is 2.39. The van der Waals surface area contributed by atoms with Gasteiger partial charge in [-0.1, -0.05) is 13.8 Å². The Bertz CT molecular complexity index is 543. The van der Waals surface area contributed by atoms with Crippen molar-refractivity contribution in [2.45, 2.75) is 32.6 Å². The van der Waals surface area contributed by atoms with Crippen molar-refractivity contribution in [2.24, 2.45) is 5.92 Å². The zero-order chi connectivity index (χ0) is 13.3. The number of oxazole rings is 1. The van der Waals surface area contributed by atoms with Crippen LogP contribution in [0.3, 0.4) is 0 Å². The van der Waals surface area contributed by atoms with Crippen molar-refractivity contribution in [2.75, 3.05) is 5.75 Å². The summed E-state index contributed by atoms with van der Waals surface area (Å²) in [6.07, 6.45) is 3.22. The summed E-state index contributed by atoms with van der Waals surface area (Å²) >= 11 is 0. The Kier molecular flexibility index (Phi) is 3.43. The molecule has 0 saturated heterocycles. The Hall–Kier alpha value is -1.37. The van der Waals surface area contributed by atoms with Gasteiger partial charge in [0.25, 0.3) is 5.91 Å². The number of carbonyl (C=O) groups is 1. The van der Waals surface area contributed by atoms with E-state index in [1.54, 1.807) is 13.8 Å². The first-order valence-electron chi connectivity index (χ1n) is 5.87. The van der Waals surface area contributed by atoms with Crippen LogP contribution in [0.1, 0.15) is 49.0 Å². The molecule has 1 amide bonds. The first kappa shape index (κ1) is 13.1. The van der Waals surface area contributed by atoms with Crippen LogP contribution in [0.25, 0.3) is 0 Å². The minimum Gasteiger partial charge on any atom is -0.448 e. The third kappa shape index (κ3) is 3.32. The highest BCUT2D eigenvalue weighted by Gasteiger charge is 2.30. The van der Waals surface area contributed by atoms with Crippen molar-refractivity contribution in [3.8, 4) is 0 Å². The lowest BCUT2D eigenvalue weighted by molar-refractivity contribution is 0.0976. The molecule has 0 bridgehead atoms. The van der Waals surface area contributed by atoms with E-state index in [4.69, 9.17) is 4.42 Å². The second kappa shape index (κ2) is 4.72. The first-order valence-corrected chi connectivity index (χ1v) is 7.53. The van der Waals surface area contributed by atoms with E-state index < -0.39 is 15.9 Å². The first-order chi connectivity index (χ1) is 8.37. The predicted molar refractivity (Wildman–Crippen MR) is 64.6 cm³/mol. The van der Waals surface area contributed by atoms with E-state index in [1.165, 1.54) is 6.26 Å². The number of hydrogen-bond donors (Lipinski definition) is 1. The molecule has 1 N–H and O–H groups in total. The third-order valence-corrected chi connectivity index (χ3v) is 4.08. The van der Waals surface area contributed by atoms with Crippen molar-refractivity contribution >= 4 is 15.9 Å². The summed E-state index contributed by atoms with van der Waals surface area (Å²) in [5.41, 5.74) is 0.0178. The second-order valence-electron chi connectivity index (χ2n) is 4.95. The summed E-state index contributed by atoms with van der Waals surface area (Å²) in [4.78, 5) is 15.7. The summed E-state index contributed by atoms with van der Waals surface area (Å²) in [5, 5.41) is 0. The molecule has 1 aliphatic carbocycles. The van der Waals surface area contributed by atoms with E-state index >= 15 is 0 Å². The fourth-order valence-electron chi connectivity index (χ4n) is 1.58. The molecule has 2 rings (SSSR count). The van der Waals surface area contributed by atoms with E-state index in [9.17, 15) is 13.2 Å². The van der Waals surface area contributed by atoms with E-state index in [2.05, 4.69) is 4.98 Å². The largest absolute Gasteiger partial charge is 0.448 e. The Morgan fingerprint density at radius 3 is 2.78 bits per heavy atom. The number of nitrogens with one attached hydrogen (secondary N) is 1. The van der Waals surface area contributed by atoms with Gasteiger partial charge >= 0.3 is 0 Å². The lowest BCUT2D eigenvalue weighted by Gasteiger charge is -2.06. The summed E-state index contributed by atoms with van der Waals surface area (Å²) in [6.45, 7) is 3.54. The minimum absolute atomic E-state index is 0.0178. The zero-order valence-corrected chi connectivity index (χ0v) is 11.2. The van der Waals surface area contributed by atoms with Crippen LogP contribution in [-0.4, -0.2) is 25.1 Å². The van der Waals surface area contributed by atoms with Crippen molar-refractivity contribution < 1.29 is 17.6 Å². The fraction of sp³-hybridized carbons (Fsp3) is 0.636. The standard InChI is InChI=1S/C11H16N2O4S/c1-7(2)6-18(15,16)13-10(14)9-5-17-11(12-9)8-3-4-8/h5,7-8H,3-4,6H2,1-2H3,(H,13,14). The smallest absolute Gasteiger partial charge is 0.286 e. The summed E-state index contributed by atoms with van der Waals surface area (Å²) in [7, 11) is -3.60. The van der Waals surface area contributed by atoms with Crippen LogP contribution >= 0.6 is 0 Å². The average molecular weight is 272 g/mol. The van der Waals surface area contributed by atoms with Crippen molar-refractivity contribution in [3.05, 3.63) is 17.8 Å². The molecule has 18 heavy (non-hydrogen) atoms. The van der Waals surface area contributed by atoms with Gasteiger partial charge in [0, 0.05) is 5.92 Å². The van der Waals surface area contributed by atoms with Gasteiger partial charge in [-0.15, -0.1) is 0 Å². The van der Waals surface area contributed by atoms with Gasteiger partial charge in [0.1, 0.15) is 6.26 Å². The van der Waals surface area contributed by atoms with Crippen LogP contribution in [0.2, 0.25) is 0 Å². The molecular weight excluding hydrogens is 256 g/mol. The second-order valence-corrected chi connectivity index (χ2v) is 6.72. The Morgan fingerprint density at radius 2 is 2.22 bits per heavy atom. The minimum atomic E-state index is -3.60. The predicted octanol–water partition coefficient (Wildman–Crippen LogP) is 1.27. The van der Waals surface area contributed by atoms with E-state index in [0.717, 1.165) is 12.8 Å². The lowest BCUT2D eigenvalue weighted by atomic mass is 10.3.